The summed E-state index contributed by atoms with van der Waals surface area (Å²) < 4.78 is 40.2. The Bertz CT molecular complexity index is 720. The molecule has 4 nitrogen and oxygen atoms in total. The van der Waals surface area contributed by atoms with Crippen molar-refractivity contribution in [2.75, 3.05) is 19.6 Å². The van der Waals surface area contributed by atoms with E-state index in [1.807, 2.05) is 30.3 Å². The van der Waals surface area contributed by atoms with E-state index in [2.05, 4.69) is 0 Å². The lowest BCUT2D eigenvalue weighted by Gasteiger charge is -2.21. The summed E-state index contributed by atoms with van der Waals surface area (Å²) in [5, 5.41) is 0. The van der Waals surface area contributed by atoms with E-state index in [1.165, 1.54) is 16.4 Å². The van der Waals surface area contributed by atoms with E-state index < -0.39 is 15.8 Å². The van der Waals surface area contributed by atoms with Crippen molar-refractivity contribution >= 4 is 10.0 Å². The highest BCUT2D eigenvalue weighted by atomic mass is 32.2. The number of nitrogens with two attached hydrogens (primary N) is 1. The highest BCUT2D eigenvalue weighted by Gasteiger charge is 2.23. The van der Waals surface area contributed by atoms with E-state index in [4.69, 9.17) is 5.73 Å². The first kappa shape index (κ1) is 17.6. The second-order valence-electron chi connectivity index (χ2n) is 5.27. The second-order valence-corrected chi connectivity index (χ2v) is 7.24. The molecular formula is C17H21FN2O2S. The number of halogens is 1. The van der Waals surface area contributed by atoms with E-state index in [0.29, 0.717) is 13.0 Å². The molecule has 0 atom stereocenters. The molecule has 124 valence electrons. The van der Waals surface area contributed by atoms with Gasteiger partial charge in [-0.3, -0.25) is 0 Å². The van der Waals surface area contributed by atoms with E-state index in [1.54, 1.807) is 12.1 Å². The molecule has 0 aliphatic carbocycles. The Balaban J connectivity index is 2.10. The molecule has 0 unspecified atom stereocenters. The van der Waals surface area contributed by atoms with Crippen LogP contribution < -0.4 is 5.73 Å². The molecule has 2 rings (SSSR count). The average molecular weight is 336 g/mol. The van der Waals surface area contributed by atoms with Gasteiger partial charge in [0.15, 0.2) is 0 Å². The predicted molar refractivity (Wildman–Crippen MR) is 89.8 cm³/mol. The highest BCUT2D eigenvalue weighted by molar-refractivity contribution is 7.88. The summed E-state index contributed by atoms with van der Waals surface area (Å²) in [6.07, 6.45) is 0.595. The molecule has 0 amide bonds. The van der Waals surface area contributed by atoms with Gasteiger partial charge in [0.05, 0.1) is 5.75 Å². The minimum Gasteiger partial charge on any atom is -0.329 e. The molecule has 0 radical (unpaired) electrons. The van der Waals surface area contributed by atoms with Gasteiger partial charge in [0.25, 0.3) is 0 Å². The molecule has 0 spiro atoms. The van der Waals surface area contributed by atoms with Crippen LogP contribution in [0.3, 0.4) is 0 Å². The van der Waals surface area contributed by atoms with Crippen LogP contribution in [0.5, 0.6) is 0 Å². The van der Waals surface area contributed by atoms with Crippen molar-refractivity contribution in [1.82, 2.24) is 4.31 Å². The SMILES string of the molecule is NCCN(CCc1ccccc1)S(=O)(=O)Cc1ccccc1F. The Morgan fingerprint density at radius 3 is 2.26 bits per heavy atom. The third kappa shape index (κ3) is 5.13. The molecule has 6 heteroatoms. The number of nitrogens with zero attached hydrogens (tertiary/aromatic N) is 1. The molecule has 0 fully saturated rings. The largest absolute Gasteiger partial charge is 0.329 e. The summed E-state index contributed by atoms with van der Waals surface area (Å²) in [4.78, 5) is 0. The van der Waals surface area contributed by atoms with E-state index in [-0.39, 0.29) is 24.4 Å². The molecule has 0 aromatic heterocycles. The maximum atomic E-state index is 13.7. The van der Waals surface area contributed by atoms with Crippen molar-refractivity contribution < 1.29 is 12.8 Å². The molecule has 0 bridgehead atoms. The number of hydrogen-bond acceptors (Lipinski definition) is 3. The van der Waals surface area contributed by atoms with Crippen LogP contribution in [-0.4, -0.2) is 32.4 Å². The van der Waals surface area contributed by atoms with E-state index >= 15 is 0 Å². The Morgan fingerprint density at radius 2 is 1.61 bits per heavy atom. The zero-order chi connectivity index (χ0) is 16.7. The summed E-state index contributed by atoms with van der Waals surface area (Å²) in [5.41, 5.74) is 6.76. The topological polar surface area (TPSA) is 63.4 Å². The van der Waals surface area contributed by atoms with E-state index in [0.717, 1.165) is 5.56 Å². The van der Waals surface area contributed by atoms with Gasteiger partial charge in [-0.15, -0.1) is 0 Å². The van der Waals surface area contributed by atoms with Crippen LogP contribution in [0.2, 0.25) is 0 Å². The van der Waals surface area contributed by atoms with Gasteiger partial charge < -0.3 is 5.73 Å². The molecule has 2 aromatic carbocycles. The summed E-state index contributed by atoms with van der Waals surface area (Å²) >= 11 is 0. The summed E-state index contributed by atoms with van der Waals surface area (Å²) in [6.45, 7) is 0.785. The standard InChI is InChI=1S/C17H21FN2O2S/c18-17-9-5-4-8-16(17)14-23(21,22)20(13-11-19)12-10-15-6-2-1-3-7-15/h1-9H,10-14,19H2. The Kier molecular flexibility index (Phi) is 6.27. The Labute approximate surface area is 136 Å². The molecular weight excluding hydrogens is 315 g/mol. The molecule has 0 aliphatic heterocycles. The van der Waals surface area contributed by atoms with Crippen LogP contribution in [0.15, 0.2) is 54.6 Å². The number of rotatable bonds is 8. The lowest BCUT2D eigenvalue weighted by molar-refractivity contribution is 0.420. The number of sulfonamides is 1. The zero-order valence-electron chi connectivity index (χ0n) is 12.9. The van der Waals surface area contributed by atoms with Crippen molar-refractivity contribution in [3.8, 4) is 0 Å². The number of hydrogen-bond donors (Lipinski definition) is 1. The lowest BCUT2D eigenvalue weighted by Crippen LogP contribution is -2.37. The zero-order valence-corrected chi connectivity index (χ0v) is 13.7. The van der Waals surface area contributed by atoms with Gasteiger partial charge in [-0.1, -0.05) is 48.5 Å². The first-order valence-corrected chi connectivity index (χ1v) is 9.09. The predicted octanol–water partition coefficient (Wildman–Crippen LogP) is 2.16. The Hall–Kier alpha value is -1.76. The molecule has 2 N–H and O–H groups in total. The molecule has 0 aliphatic rings. The molecule has 23 heavy (non-hydrogen) atoms. The van der Waals surface area contributed by atoms with Gasteiger partial charge in [0.2, 0.25) is 10.0 Å². The molecule has 0 saturated carbocycles. The molecule has 0 saturated heterocycles. The molecule has 2 aromatic rings. The van der Waals surface area contributed by atoms with Gasteiger partial charge in [0.1, 0.15) is 5.82 Å². The van der Waals surface area contributed by atoms with Crippen LogP contribution in [-0.2, 0) is 22.2 Å². The maximum absolute atomic E-state index is 13.7. The smallest absolute Gasteiger partial charge is 0.218 e. The fourth-order valence-corrected chi connectivity index (χ4v) is 3.90. The summed E-state index contributed by atoms with van der Waals surface area (Å²) in [6, 6.07) is 15.6. The van der Waals surface area contributed by atoms with Crippen LogP contribution >= 0.6 is 0 Å². The number of benzene rings is 2. The average Bonchev–Trinajstić information content (AvgIpc) is 2.54. The van der Waals surface area contributed by atoms with Gasteiger partial charge >= 0.3 is 0 Å². The fourth-order valence-electron chi connectivity index (χ4n) is 2.34. The monoisotopic (exact) mass is 336 g/mol. The van der Waals surface area contributed by atoms with Gasteiger partial charge in [-0.2, -0.15) is 0 Å². The maximum Gasteiger partial charge on any atom is 0.218 e. The highest BCUT2D eigenvalue weighted by Crippen LogP contribution is 2.15. The Morgan fingerprint density at radius 1 is 0.957 bits per heavy atom. The summed E-state index contributed by atoms with van der Waals surface area (Å²) in [5.74, 6) is -0.860. The van der Waals surface area contributed by atoms with Crippen LogP contribution in [0.1, 0.15) is 11.1 Å². The minimum atomic E-state index is -3.62. The molecule has 0 heterocycles. The quantitative estimate of drug-likeness (QED) is 0.803. The third-order valence-corrected chi connectivity index (χ3v) is 5.39. The normalized spacial score (nSPS) is 11.8. The van der Waals surface area contributed by atoms with Crippen molar-refractivity contribution in [1.29, 1.82) is 0 Å². The van der Waals surface area contributed by atoms with E-state index in [9.17, 15) is 12.8 Å². The first-order valence-electron chi connectivity index (χ1n) is 7.48. The third-order valence-electron chi connectivity index (χ3n) is 3.56. The van der Waals surface area contributed by atoms with Crippen molar-refractivity contribution in [2.45, 2.75) is 12.2 Å². The summed E-state index contributed by atoms with van der Waals surface area (Å²) in [7, 11) is -3.62. The van der Waals surface area contributed by atoms with Crippen LogP contribution in [0.4, 0.5) is 4.39 Å². The second kappa shape index (κ2) is 8.19. The van der Waals surface area contributed by atoms with Crippen LogP contribution in [0, 0.1) is 5.82 Å². The van der Waals surface area contributed by atoms with Crippen LogP contribution in [0.25, 0.3) is 0 Å². The van der Waals surface area contributed by atoms with Crippen molar-refractivity contribution in [2.24, 2.45) is 5.73 Å². The fraction of sp³-hybridized carbons (Fsp3) is 0.294. The first-order chi connectivity index (χ1) is 11.0. The lowest BCUT2D eigenvalue weighted by atomic mass is 10.1. The minimum absolute atomic E-state index is 0.175. The van der Waals surface area contributed by atoms with Crippen molar-refractivity contribution in [3.63, 3.8) is 0 Å². The van der Waals surface area contributed by atoms with Gasteiger partial charge in [0, 0.05) is 25.2 Å². The van der Waals surface area contributed by atoms with Gasteiger partial charge in [-0.05, 0) is 18.1 Å². The van der Waals surface area contributed by atoms with Gasteiger partial charge in [-0.25, -0.2) is 17.1 Å². The van der Waals surface area contributed by atoms with Crippen molar-refractivity contribution in [3.05, 3.63) is 71.5 Å².